The summed E-state index contributed by atoms with van der Waals surface area (Å²) in [4.78, 5) is 63.6. The van der Waals surface area contributed by atoms with Crippen LogP contribution in [0.3, 0.4) is 0 Å². The van der Waals surface area contributed by atoms with Crippen LogP contribution in [0.2, 0.25) is 5.02 Å². The zero-order valence-electron chi connectivity index (χ0n) is 30.2. The second-order valence-corrected chi connectivity index (χ2v) is 15.7. The van der Waals surface area contributed by atoms with Gasteiger partial charge in [0.05, 0.1) is 12.0 Å². The van der Waals surface area contributed by atoms with E-state index in [4.69, 9.17) is 35.6 Å². The lowest BCUT2D eigenvalue weighted by Gasteiger charge is -2.37. The minimum Gasteiger partial charge on any atom is -0.481 e. The Bertz CT molecular complexity index is 1930. The predicted octanol–water partition coefficient (Wildman–Crippen LogP) is 5.00. The number of carboxylic acid groups (broad SMARTS) is 1. The van der Waals surface area contributed by atoms with Crippen LogP contribution in [0.15, 0.2) is 36.9 Å². The van der Waals surface area contributed by atoms with E-state index in [1.165, 1.54) is 24.7 Å². The van der Waals surface area contributed by atoms with Gasteiger partial charge in [0, 0.05) is 74.0 Å². The average molecular weight is 784 g/mol. The number of halogens is 2. The van der Waals surface area contributed by atoms with Crippen molar-refractivity contribution in [2.24, 2.45) is 17.8 Å². The molecule has 294 valence electrons. The summed E-state index contributed by atoms with van der Waals surface area (Å²) in [6, 6.07) is 3.12. The molecule has 18 heteroatoms. The molecular weight excluding hydrogens is 741 g/mol. The number of benzene rings is 1. The lowest BCUT2D eigenvalue weighted by atomic mass is 9.83. The highest BCUT2D eigenvalue weighted by Crippen LogP contribution is 2.61. The number of anilines is 1. The van der Waals surface area contributed by atoms with Gasteiger partial charge < -0.3 is 35.3 Å². The number of alkyl carbamates (subject to hydrolysis) is 1. The largest absolute Gasteiger partial charge is 0.481 e. The van der Waals surface area contributed by atoms with Gasteiger partial charge in [-0.25, -0.2) is 19.2 Å². The molecule has 7 atom stereocenters. The lowest BCUT2D eigenvalue weighted by molar-refractivity contribution is -0.365. The van der Waals surface area contributed by atoms with Gasteiger partial charge in [0.1, 0.15) is 29.8 Å². The first-order valence-corrected chi connectivity index (χ1v) is 19.1. The predicted molar refractivity (Wildman–Crippen MR) is 190 cm³/mol. The zero-order valence-corrected chi connectivity index (χ0v) is 30.9. The Balaban J connectivity index is 0.909. The monoisotopic (exact) mass is 783 g/mol. The Hall–Kier alpha value is -4.42. The van der Waals surface area contributed by atoms with Crippen molar-refractivity contribution in [2.75, 3.05) is 25.1 Å². The van der Waals surface area contributed by atoms with Crippen LogP contribution < -0.4 is 16.0 Å². The molecule has 2 saturated heterocycles. The number of hydrogen-bond acceptors (Lipinski definition) is 12. The van der Waals surface area contributed by atoms with Crippen molar-refractivity contribution < 1.29 is 47.9 Å². The number of fused-ring (bicyclic) bond motifs is 3. The highest BCUT2D eigenvalue weighted by Gasteiger charge is 2.67. The number of rotatable bonds is 10. The number of nitrogens with one attached hydrogen (secondary N) is 3. The molecule has 3 aromatic rings. The van der Waals surface area contributed by atoms with E-state index in [1.54, 1.807) is 10.8 Å². The number of imidazole rings is 1. The maximum atomic E-state index is 14.5. The fourth-order valence-electron chi connectivity index (χ4n) is 8.73. The maximum absolute atomic E-state index is 14.5. The Morgan fingerprint density at radius 2 is 1.96 bits per heavy atom. The number of aromatic nitrogens is 4. The third-order valence-corrected chi connectivity index (χ3v) is 11.5. The molecule has 2 aliphatic heterocycles. The lowest BCUT2D eigenvalue weighted by Crippen LogP contribution is -2.47. The third-order valence-electron chi connectivity index (χ3n) is 11.3. The molecule has 2 spiro atoms. The molecule has 3 saturated carbocycles. The van der Waals surface area contributed by atoms with Gasteiger partial charge in [0.15, 0.2) is 0 Å². The van der Waals surface area contributed by atoms with Crippen LogP contribution in [-0.4, -0.2) is 86.1 Å². The molecule has 16 nitrogen and oxygen atoms in total. The number of carboxylic acids is 1. The van der Waals surface area contributed by atoms with Crippen molar-refractivity contribution in [3.63, 3.8) is 0 Å². The van der Waals surface area contributed by atoms with Crippen LogP contribution in [-0.2, 0) is 28.8 Å². The summed E-state index contributed by atoms with van der Waals surface area (Å²) in [6.45, 7) is 3.01. The molecule has 6 unspecified atom stereocenters. The average Bonchev–Trinajstić information content (AvgIpc) is 3.95. The summed E-state index contributed by atoms with van der Waals surface area (Å²) >= 11 is 6.18. The highest BCUT2D eigenvalue weighted by molar-refractivity contribution is 6.30. The van der Waals surface area contributed by atoms with E-state index in [9.17, 15) is 23.9 Å². The van der Waals surface area contributed by atoms with Gasteiger partial charge in [-0.3, -0.25) is 14.2 Å². The molecule has 1 aromatic carbocycles. The molecule has 2 aromatic heterocycles. The molecule has 5 aliphatic rings. The maximum Gasteiger partial charge on any atom is 0.407 e. The highest BCUT2D eigenvalue weighted by atomic mass is 35.5. The van der Waals surface area contributed by atoms with Gasteiger partial charge in [-0.2, -0.15) is 14.8 Å². The Kier molecular flexibility index (Phi) is 10.4. The van der Waals surface area contributed by atoms with Gasteiger partial charge in [-0.1, -0.05) is 11.6 Å². The molecule has 4 N–H and O–H groups in total. The van der Waals surface area contributed by atoms with Gasteiger partial charge in [0.2, 0.25) is 17.5 Å². The molecule has 4 heterocycles. The van der Waals surface area contributed by atoms with E-state index in [2.05, 4.69) is 30.9 Å². The number of ether oxygens (including phenoxy) is 3. The van der Waals surface area contributed by atoms with Crippen LogP contribution in [0.25, 0.3) is 5.82 Å². The zero-order chi connectivity index (χ0) is 38.3. The fraction of sp³-hybridized carbons (Fsp3) is 0.568. The van der Waals surface area contributed by atoms with E-state index in [0.717, 1.165) is 24.5 Å². The topological polar surface area (TPSA) is 197 Å². The quantitative estimate of drug-likeness (QED) is 0.201. The van der Waals surface area contributed by atoms with E-state index in [-0.39, 0.29) is 41.6 Å². The number of hydrogen-bond donors (Lipinski definition) is 4. The number of amides is 2. The number of nitrogens with zero attached hydrogens (tertiary/aromatic N) is 4. The standard InChI is InChI=1S/C37H43ClFN7O9/c1-20-16-40-34(43-25-4-7-51-8-5-25)45-31(20)46-18-30(42-19-46)32(47)44-29(22-11-23(38)13-24(39)12-22)17-41-35(50)52-26-3-2-6-36(15-26)53-37(55-54-36)14-21-9-27(33(48)49)28(37)10-21/h11-13,16,18-19,21,25-29H,2-10,14-15,17H2,1H3,(H,41,50)(H,44,47)(H,48,49)(H,40,43,45)/t21?,26?,27?,28?,29-,36?,37?/m1/s1. The summed E-state index contributed by atoms with van der Waals surface area (Å²) in [5.74, 6) is -4.06. The molecule has 55 heavy (non-hydrogen) atoms. The Morgan fingerprint density at radius 3 is 2.75 bits per heavy atom. The van der Waals surface area contributed by atoms with Crippen molar-refractivity contribution in [3.8, 4) is 5.82 Å². The van der Waals surface area contributed by atoms with E-state index in [1.807, 2.05) is 6.92 Å². The van der Waals surface area contributed by atoms with Crippen LogP contribution in [0.4, 0.5) is 15.1 Å². The van der Waals surface area contributed by atoms with Crippen LogP contribution in [0.1, 0.15) is 85.4 Å². The van der Waals surface area contributed by atoms with Crippen molar-refractivity contribution in [1.82, 2.24) is 30.2 Å². The third kappa shape index (κ3) is 7.98. The molecule has 0 radical (unpaired) electrons. The summed E-state index contributed by atoms with van der Waals surface area (Å²) in [6.07, 6.45) is 8.71. The minimum atomic E-state index is -1.16. The van der Waals surface area contributed by atoms with Gasteiger partial charge in [0.25, 0.3) is 5.91 Å². The van der Waals surface area contributed by atoms with Crippen molar-refractivity contribution in [1.29, 1.82) is 0 Å². The number of carbonyl (C=O) groups is 3. The van der Waals surface area contributed by atoms with Crippen LogP contribution >= 0.6 is 11.6 Å². The van der Waals surface area contributed by atoms with Crippen LogP contribution in [0, 0.1) is 30.5 Å². The molecule has 5 fully saturated rings. The Morgan fingerprint density at radius 1 is 1.13 bits per heavy atom. The van der Waals surface area contributed by atoms with Crippen molar-refractivity contribution >= 4 is 35.5 Å². The second-order valence-electron chi connectivity index (χ2n) is 15.2. The summed E-state index contributed by atoms with van der Waals surface area (Å²) in [7, 11) is 0. The van der Waals surface area contributed by atoms with Gasteiger partial charge in [-0.05, 0) is 75.1 Å². The number of carbonyl (C=O) groups excluding carboxylic acids is 2. The first kappa shape index (κ1) is 37.5. The van der Waals surface area contributed by atoms with Crippen molar-refractivity contribution in [3.05, 3.63) is 64.6 Å². The molecule has 8 rings (SSSR count). The van der Waals surface area contributed by atoms with E-state index >= 15 is 0 Å². The number of aryl methyl sites for hydroxylation is 1. The summed E-state index contributed by atoms with van der Waals surface area (Å²) in [5, 5.41) is 18.7. The normalized spacial score (nSPS) is 29.4. The van der Waals surface area contributed by atoms with Gasteiger partial charge >= 0.3 is 12.1 Å². The first-order chi connectivity index (χ1) is 26.5. The van der Waals surface area contributed by atoms with Gasteiger partial charge in [-0.15, -0.1) is 0 Å². The minimum absolute atomic E-state index is 0.0567. The first-order valence-electron chi connectivity index (χ1n) is 18.7. The number of aliphatic carboxylic acids is 1. The fourth-order valence-corrected chi connectivity index (χ4v) is 8.96. The smallest absolute Gasteiger partial charge is 0.407 e. The summed E-state index contributed by atoms with van der Waals surface area (Å²) < 4.78 is 33.8. The SMILES string of the molecule is Cc1cnc(NC2CCOCC2)nc1-n1cnc(C(=O)N[C@H](CNC(=O)OC2CCCC3(C2)OOC2(CC4CC(C(=O)O)C2C4)O3)c2cc(F)cc(Cl)c2)c1. The van der Waals surface area contributed by atoms with Crippen molar-refractivity contribution in [2.45, 2.75) is 94.5 Å². The van der Waals surface area contributed by atoms with Crippen LogP contribution in [0.5, 0.6) is 0 Å². The van der Waals surface area contributed by atoms with E-state index < -0.39 is 53.4 Å². The second kappa shape index (κ2) is 15.3. The molecular formula is C37H43ClFN7O9. The Labute approximate surface area is 320 Å². The molecule has 2 bridgehead atoms. The molecule has 2 amide bonds. The summed E-state index contributed by atoms with van der Waals surface area (Å²) in [5.41, 5.74) is 1.13. The van der Waals surface area contributed by atoms with E-state index in [0.29, 0.717) is 69.1 Å². The molecule has 3 aliphatic carbocycles.